The number of hydrogen-bond donors (Lipinski definition) is 4. The summed E-state index contributed by atoms with van der Waals surface area (Å²) in [5.41, 5.74) is 5.60. The van der Waals surface area contributed by atoms with Gasteiger partial charge in [-0.1, -0.05) is 0 Å². The van der Waals surface area contributed by atoms with Gasteiger partial charge in [-0.3, -0.25) is 0 Å². The molecule has 0 saturated heterocycles. The molecule has 158 valence electrons. The van der Waals surface area contributed by atoms with Crippen LogP contribution in [0.25, 0.3) is 0 Å². The van der Waals surface area contributed by atoms with E-state index in [2.05, 4.69) is 5.32 Å². The fourth-order valence-corrected chi connectivity index (χ4v) is 7.88. The zero-order chi connectivity index (χ0) is 20.6. The molecule has 0 aromatic rings. The van der Waals surface area contributed by atoms with Crippen LogP contribution in [0.2, 0.25) is 4.71 Å². The van der Waals surface area contributed by atoms with Gasteiger partial charge in [0.25, 0.3) is 0 Å². The molecule has 1 aliphatic rings. The Bertz CT molecular complexity index is 538. The van der Waals surface area contributed by atoms with E-state index in [9.17, 15) is 24.2 Å². The van der Waals surface area contributed by atoms with Gasteiger partial charge in [0.2, 0.25) is 0 Å². The minimum absolute atomic E-state index is 0.0000790. The van der Waals surface area contributed by atoms with Gasteiger partial charge in [0.15, 0.2) is 0 Å². The van der Waals surface area contributed by atoms with Gasteiger partial charge in [0.05, 0.1) is 0 Å². The Morgan fingerprint density at radius 1 is 1.22 bits per heavy atom. The molecule has 1 aliphatic carbocycles. The average molecular weight is 466 g/mol. The molecule has 1 fully saturated rings. The van der Waals surface area contributed by atoms with E-state index < -0.39 is 40.0 Å². The van der Waals surface area contributed by atoms with Crippen LogP contribution in [0, 0.1) is 11.8 Å². The number of nitrogens with two attached hydrogens (primary N) is 1. The second kappa shape index (κ2) is 11.7. The van der Waals surface area contributed by atoms with Gasteiger partial charge in [-0.25, -0.2) is 0 Å². The van der Waals surface area contributed by atoms with E-state index in [1.807, 2.05) is 13.8 Å². The third-order valence-corrected chi connectivity index (χ3v) is 11.2. The van der Waals surface area contributed by atoms with Crippen LogP contribution < -0.4 is 11.1 Å². The van der Waals surface area contributed by atoms with Crippen molar-refractivity contribution in [3.8, 4) is 0 Å². The Morgan fingerprint density at radius 2 is 1.81 bits per heavy atom. The Hall–Kier alpha value is -0.192. The summed E-state index contributed by atoms with van der Waals surface area (Å²) < 4.78 is 12.0. The summed E-state index contributed by atoms with van der Waals surface area (Å²) in [6.07, 6.45) is 4.33. The normalized spacial score (nSPS) is 21.7. The molecule has 5 atom stereocenters. The molecule has 0 aromatic heterocycles. The molecule has 1 rings (SSSR count). The van der Waals surface area contributed by atoms with Crippen molar-refractivity contribution in [3.63, 3.8) is 0 Å². The van der Waals surface area contributed by atoms with Gasteiger partial charge in [-0.2, -0.15) is 0 Å². The summed E-state index contributed by atoms with van der Waals surface area (Å²) >= 11 is -1.21. The summed E-state index contributed by atoms with van der Waals surface area (Å²) in [6.45, 7) is 5.31. The van der Waals surface area contributed by atoms with E-state index in [1.54, 1.807) is 6.92 Å². The van der Waals surface area contributed by atoms with Crippen molar-refractivity contribution in [2.75, 3.05) is 18.9 Å². The number of carbonyl (C=O) groups is 2. The fraction of sp³-hybridized carbons (Fsp3) is 0.889. The van der Waals surface area contributed by atoms with Crippen LogP contribution in [-0.2, 0) is 14.2 Å². The third kappa shape index (κ3) is 9.71. The van der Waals surface area contributed by atoms with Crippen LogP contribution >= 0.6 is 7.37 Å². The monoisotopic (exact) mass is 466 g/mol. The Labute approximate surface area is 169 Å². The molecule has 0 radical (unpaired) electrons. The van der Waals surface area contributed by atoms with Crippen molar-refractivity contribution in [3.05, 3.63) is 0 Å². The van der Waals surface area contributed by atoms with Gasteiger partial charge in [0, 0.05) is 0 Å². The molecule has 0 heterocycles. The molecule has 7 nitrogen and oxygen atoms in total. The van der Waals surface area contributed by atoms with Gasteiger partial charge in [-0.05, 0) is 0 Å². The summed E-state index contributed by atoms with van der Waals surface area (Å²) in [4.78, 5) is 34.5. The molecule has 27 heavy (non-hydrogen) atoms. The molecular formula is C18H36AsN2O5P. The SMILES string of the molecule is CC(C)[C@H]([AsH]C(=O)[C@H](C)N)C(=O)NC[C@H](O)CP(=O)(O)CC1CCCCC1. The average Bonchev–Trinajstić information content (AvgIpc) is 2.56. The number of aliphatic hydroxyl groups excluding tert-OH is 1. The predicted molar refractivity (Wildman–Crippen MR) is 110 cm³/mol. The first-order chi connectivity index (χ1) is 12.5. The molecule has 0 bridgehead atoms. The molecule has 0 aromatic carbocycles. The topological polar surface area (TPSA) is 130 Å². The summed E-state index contributed by atoms with van der Waals surface area (Å²) in [6, 6.07) is -0.565. The molecule has 5 N–H and O–H groups in total. The number of nitrogens with one attached hydrogen (secondary N) is 1. The first kappa shape index (κ1) is 24.8. The Morgan fingerprint density at radius 3 is 2.33 bits per heavy atom. The minimum atomic E-state index is -3.42. The Balaban J connectivity index is 2.48. The quantitative estimate of drug-likeness (QED) is 0.266. The van der Waals surface area contributed by atoms with E-state index in [0.717, 1.165) is 25.7 Å². The fourth-order valence-electron chi connectivity index (χ4n) is 3.39. The molecule has 2 unspecified atom stereocenters. The standard InChI is InChI=1S/C18H36AsN2O5P/c1-12(2)16(19-17(23)13(3)20)18(24)21-9-15(22)11-27(25,26)10-14-7-5-4-6-8-14/h12-16,19,22H,4-11,20H2,1-3H3,(H,21,24)(H,25,26)/t13-,15-,16-/m0/s1. The van der Waals surface area contributed by atoms with E-state index in [-0.39, 0.29) is 41.2 Å². The molecule has 9 heteroatoms. The van der Waals surface area contributed by atoms with Crippen molar-refractivity contribution in [1.82, 2.24) is 5.32 Å². The zero-order valence-corrected chi connectivity index (χ0v) is 19.7. The number of rotatable bonds is 11. The predicted octanol–water partition coefficient (Wildman–Crippen LogP) is 1.07. The van der Waals surface area contributed by atoms with Gasteiger partial charge in [-0.15, -0.1) is 0 Å². The van der Waals surface area contributed by atoms with Crippen LogP contribution in [0.5, 0.6) is 0 Å². The van der Waals surface area contributed by atoms with Gasteiger partial charge >= 0.3 is 169 Å². The van der Waals surface area contributed by atoms with Crippen molar-refractivity contribution in [1.29, 1.82) is 0 Å². The van der Waals surface area contributed by atoms with Crippen LogP contribution in [0.3, 0.4) is 0 Å². The molecule has 0 spiro atoms. The first-order valence-electron chi connectivity index (χ1n) is 9.84. The van der Waals surface area contributed by atoms with Crippen molar-refractivity contribution < 1.29 is 24.2 Å². The van der Waals surface area contributed by atoms with Gasteiger partial charge in [0.1, 0.15) is 0 Å². The third-order valence-electron chi connectivity index (χ3n) is 4.94. The summed E-state index contributed by atoms with van der Waals surface area (Å²) in [5.74, 6) is -0.0189. The second-order valence-corrected chi connectivity index (χ2v) is 13.5. The van der Waals surface area contributed by atoms with E-state index >= 15 is 0 Å². The van der Waals surface area contributed by atoms with Crippen LogP contribution in [-0.4, -0.2) is 67.2 Å². The molecule has 1 amide bonds. The zero-order valence-electron chi connectivity index (χ0n) is 16.7. The first-order valence-corrected chi connectivity index (χ1v) is 14.1. The number of carbonyl (C=O) groups excluding carboxylic acids is 2. The van der Waals surface area contributed by atoms with Crippen LogP contribution in [0.15, 0.2) is 0 Å². The maximum atomic E-state index is 12.4. The second-order valence-electron chi connectivity index (χ2n) is 8.13. The Kier molecular flexibility index (Phi) is 10.8. The number of amides is 1. The van der Waals surface area contributed by atoms with Gasteiger partial charge < -0.3 is 0 Å². The van der Waals surface area contributed by atoms with E-state index in [0.29, 0.717) is 0 Å². The van der Waals surface area contributed by atoms with Crippen LogP contribution in [0.4, 0.5) is 0 Å². The van der Waals surface area contributed by atoms with Crippen molar-refractivity contribution in [2.24, 2.45) is 17.6 Å². The maximum absolute atomic E-state index is 12.4. The molecular weight excluding hydrogens is 430 g/mol. The van der Waals surface area contributed by atoms with Crippen molar-refractivity contribution in [2.45, 2.75) is 69.7 Å². The summed E-state index contributed by atoms with van der Waals surface area (Å²) in [5, 5.41) is 12.8. The van der Waals surface area contributed by atoms with E-state index in [4.69, 9.17) is 5.73 Å². The number of aliphatic hydroxyl groups is 1. The number of hydrogen-bond acceptors (Lipinski definition) is 5. The van der Waals surface area contributed by atoms with E-state index in [1.165, 1.54) is 6.42 Å². The summed E-state index contributed by atoms with van der Waals surface area (Å²) in [7, 11) is -3.42. The van der Waals surface area contributed by atoms with Crippen molar-refractivity contribution >= 4 is 33.6 Å². The van der Waals surface area contributed by atoms with Crippen LogP contribution in [0.1, 0.15) is 52.9 Å². The molecule has 0 aliphatic heterocycles. The molecule has 1 saturated carbocycles.